The highest BCUT2D eigenvalue weighted by molar-refractivity contribution is 5.96. The zero-order valence-corrected chi connectivity index (χ0v) is 24.4. The van der Waals surface area contributed by atoms with Crippen LogP contribution in [-0.4, -0.2) is 86.5 Å². The molecule has 11 nitrogen and oxygen atoms in total. The summed E-state index contributed by atoms with van der Waals surface area (Å²) in [5.41, 5.74) is 10.8. The summed E-state index contributed by atoms with van der Waals surface area (Å²) in [6, 6.07) is 9.59. The lowest BCUT2D eigenvalue weighted by Gasteiger charge is -2.30. The fourth-order valence-electron chi connectivity index (χ4n) is 6.33. The Hall–Kier alpha value is -4.12. The van der Waals surface area contributed by atoms with Crippen molar-refractivity contribution in [1.82, 2.24) is 28.7 Å². The van der Waals surface area contributed by atoms with Crippen LogP contribution in [0.5, 0.6) is 11.8 Å². The first kappa shape index (κ1) is 26.8. The number of imidazole rings is 1. The number of fused-ring (bicyclic) bond motifs is 2. The lowest BCUT2D eigenvalue weighted by atomic mass is 10.1. The maximum atomic E-state index is 13.4. The summed E-state index contributed by atoms with van der Waals surface area (Å²) in [5, 5.41) is 0.980. The monoisotopic (exact) mass is 571 g/mol. The predicted molar refractivity (Wildman–Crippen MR) is 158 cm³/mol. The van der Waals surface area contributed by atoms with Gasteiger partial charge in [0.1, 0.15) is 17.0 Å². The van der Waals surface area contributed by atoms with Crippen LogP contribution in [-0.2, 0) is 11.3 Å². The molecule has 1 unspecified atom stereocenters. The van der Waals surface area contributed by atoms with Crippen LogP contribution in [0, 0.1) is 12.8 Å². The van der Waals surface area contributed by atoms with Gasteiger partial charge in [0, 0.05) is 68.8 Å². The highest BCUT2D eigenvalue weighted by Crippen LogP contribution is 2.37. The van der Waals surface area contributed by atoms with Gasteiger partial charge in [-0.05, 0) is 56.7 Å². The molecule has 42 heavy (non-hydrogen) atoms. The summed E-state index contributed by atoms with van der Waals surface area (Å²) in [4.78, 5) is 39.4. The van der Waals surface area contributed by atoms with Gasteiger partial charge in [0.25, 0.3) is 11.8 Å². The van der Waals surface area contributed by atoms with Gasteiger partial charge in [0.15, 0.2) is 12.0 Å². The number of aryl methyl sites for hydroxylation is 1. The third-order valence-corrected chi connectivity index (χ3v) is 8.86. The van der Waals surface area contributed by atoms with Gasteiger partial charge in [-0.3, -0.25) is 14.0 Å². The normalized spacial score (nSPS) is 21.1. The number of aromatic nitrogens is 4. The molecule has 11 heteroatoms. The average molecular weight is 572 g/mol. The summed E-state index contributed by atoms with van der Waals surface area (Å²) in [5.74, 6) is 1.52. The maximum Gasteiger partial charge on any atom is 0.263 e. The summed E-state index contributed by atoms with van der Waals surface area (Å²) in [6.07, 6.45) is 4.35. The zero-order valence-electron chi connectivity index (χ0n) is 24.4. The summed E-state index contributed by atoms with van der Waals surface area (Å²) >= 11 is 0. The number of pyridine rings is 2. The van der Waals surface area contributed by atoms with E-state index in [-0.39, 0.29) is 17.9 Å². The minimum absolute atomic E-state index is 0.00139. The van der Waals surface area contributed by atoms with Crippen molar-refractivity contribution in [2.75, 3.05) is 33.8 Å². The number of rotatable bonds is 7. The average Bonchev–Trinajstić information content (AvgIpc) is 3.56. The minimum atomic E-state index is -0.503. The van der Waals surface area contributed by atoms with E-state index in [1.807, 2.05) is 34.4 Å². The van der Waals surface area contributed by atoms with Gasteiger partial charge < -0.3 is 29.6 Å². The Morgan fingerprint density at radius 1 is 1.10 bits per heavy atom. The van der Waals surface area contributed by atoms with Gasteiger partial charge in [0.05, 0.1) is 18.5 Å². The van der Waals surface area contributed by atoms with Crippen LogP contribution >= 0.6 is 0 Å². The molecule has 2 N–H and O–H groups in total. The van der Waals surface area contributed by atoms with Gasteiger partial charge in [-0.15, -0.1) is 0 Å². The highest BCUT2D eigenvalue weighted by atomic mass is 16.5. The van der Waals surface area contributed by atoms with Gasteiger partial charge in [-0.1, -0.05) is 0 Å². The minimum Gasteiger partial charge on any atom is -0.482 e. The molecule has 4 aromatic heterocycles. The first-order valence-corrected chi connectivity index (χ1v) is 14.8. The Labute approximate surface area is 244 Å². The first-order valence-electron chi connectivity index (χ1n) is 14.8. The zero-order chi connectivity index (χ0) is 29.1. The molecule has 220 valence electrons. The molecule has 4 aromatic rings. The van der Waals surface area contributed by atoms with Crippen LogP contribution in [0.25, 0.3) is 28.1 Å². The summed E-state index contributed by atoms with van der Waals surface area (Å²) in [6.45, 7) is 4.78. The number of hydrogen-bond acceptors (Lipinski definition) is 7. The van der Waals surface area contributed by atoms with Gasteiger partial charge >= 0.3 is 0 Å². The van der Waals surface area contributed by atoms with Crippen molar-refractivity contribution >= 4 is 28.5 Å². The van der Waals surface area contributed by atoms with Crippen molar-refractivity contribution in [1.29, 1.82) is 0 Å². The molecule has 7 rings (SSSR count). The van der Waals surface area contributed by atoms with Crippen LogP contribution in [0.2, 0.25) is 0 Å². The third-order valence-electron chi connectivity index (χ3n) is 8.86. The van der Waals surface area contributed by atoms with E-state index in [4.69, 9.17) is 25.2 Å². The molecule has 6 heterocycles. The van der Waals surface area contributed by atoms with Gasteiger partial charge in [-0.25, -0.2) is 4.98 Å². The van der Waals surface area contributed by atoms with Crippen LogP contribution < -0.4 is 15.2 Å². The number of piperidine rings is 1. The second-order valence-electron chi connectivity index (χ2n) is 12.0. The third kappa shape index (κ3) is 4.65. The molecule has 1 saturated carbocycles. The molecule has 2 amide bonds. The fraction of sp³-hybridized carbons (Fsp3) is 0.484. The van der Waals surface area contributed by atoms with Crippen molar-refractivity contribution < 1.29 is 19.1 Å². The van der Waals surface area contributed by atoms with E-state index in [0.717, 1.165) is 47.5 Å². The number of carbonyl (C=O) groups excluding carboxylic acids is 2. The number of nitrogens with two attached hydrogens (primary N) is 1. The topological polar surface area (TPSA) is 120 Å². The summed E-state index contributed by atoms with van der Waals surface area (Å²) in [7, 11) is 3.41. The Kier molecular flexibility index (Phi) is 6.56. The molecule has 0 aromatic carbocycles. The van der Waals surface area contributed by atoms with E-state index in [9.17, 15) is 9.59 Å². The first-order chi connectivity index (χ1) is 20.3. The SMILES string of the molecule is COc1cc(C(=O)N2CCC[C@@H](N)C2)cc2nc(-c3cc4ccc(OC5CCN(C)C5=O)nc4n3CC3CC3)c(C)n12. The number of likely N-dealkylation sites (tertiary alicyclic amines) is 2. The number of methoxy groups -OCH3 is 1. The number of likely N-dealkylation sites (N-methyl/N-ethyl adjacent to an activating group) is 1. The molecule has 2 atom stereocenters. The van der Waals surface area contributed by atoms with Crippen molar-refractivity contribution in [2.24, 2.45) is 11.7 Å². The summed E-state index contributed by atoms with van der Waals surface area (Å²) < 4.78 is 16.0. The molecular weight excluding hydrogens is 534 g/mol. The lowest BCUT2D eigenvalue weighted by Crippen LogP contribution is -2.45. The number of amides is 2. The largest absolute Gasteiger partial charge is 0.482 e. The molecule has 1 aliphatic carbocycles. The molecule has 2 saturated heterocycles. The molecule has 0 bridgehead atoms. The van der Waals surface area contributed by atoms with E-state index in [2.05, 4.69) is 10.6 Å². The van der Waals surface area contributed by atoms with Crippen LogP contribution in [0.1, 0.15) is 48.2 Å². The quantitative estimate of drug-likeness (QED) is 0.362. The van der Waals surface area contributed by atoms with Crippen LogP contribution in [0.15, 0.2) is 30.3 Å². The predicted octanol–water partition coefficient (Wildman–Crippen LogP) is 3.25. The molecule has 2 aliphatic heterocycles. The second-order valence-corrected chi connectivity index (χ2v) is 12.0. The Morgan fingerprint density at radius 2 is 1.93 bits per heavy atom. The van der Waals surface area contributed by atoms with Crippen molar-refractivity contribution in [3.8, 4) is 23.1 Å². The van der Waals surface area contributed by atoms with Crippen LogP contribution in [0.4, 0.5) is 0 Å². The standard InChI is InChI=1S/C31H37N7O4/c1-18-28(33-25-14-21(15-27(41-3)38(18)25)30(39)36-11-4-5-22(32)17-36)23-13-20-8-9-26(42-24-10-12-35(2)31(24)40)34-29(20)37(23)16-19-6-7-19/h8-9,13-15,19,22,24H,4-7,10-12,16-17,32H2,1-3H3/t22-,24?/m1/s1. The molecule has 3 aliphatic rings. The smallest absolute Gasteiger partial charge is 0.263 e. The molecule has 0 radical (unpaired) electrons. The maximum absolute atomic E-state index is 13.4. The van der Waals surface area contributed by atoms with Gasteiger partial charge in [0.2, 0.25) is 5.88 Å². The van der Waals surface area contributed by atoms with Crippen molar-refractivity contribution in [3.05, 3.63) is 41.6 Å². The molecular formula is C31H37N7O4. The molecule has 3 fully saturated rings. The number of carbonyl (C=O) groups is 2. The fourth-order valence-corrected chi connectivity index (χ4v) is 6.33. The number of ether oxygens (including phenoxy) is 2. The van der Waals surface area contributed by atoms with E-state index in [0.29, 0.717) is 54.9 Å². The second kappa shape index (κ2) is 10.3. The Balaban J connectivity index is 1.29. The lowest BCUT2D eigenvalue weighted by molar-refractivity contribution is -0.132. The highest BCUT2D eigenvalue weighted by Gasteiger charge is 2.32. The van der Waals surface area contributed by atoms with Crippen LogP contribution in [0.3, 0.4) is 0 Å². The number of hydrogen-bond donors (Lipinski definition) is 1. The van der Waals surface area contributed by atoms with E-state index >= 15 is 0 Å². The molecule has 0 spiro atoms. The van der Waals surface area contributed by atoms with E-state index in [1.165, 1.54) is 12.8 Å². The number of nitrogens with zero attached hydrogens (tertiary/aromatic N) is 6. The van der Waals surface area contributed by atoms with E-state index in [1.54, 1.807) is 25.1 Å². The van der Waals surface area contributed by atoms with Crippen molar-refractivity contribution in [3.63, 3.8) is 0 Å². The van der Waals surface area contributed by atoms with Gasteiger partial charge in [-0.2, -0.15) is 4.98 Å². The Morgan fingerprint density at radius 3 is 2.64 bits per heavy atom. The van der Waals surface area contributed by atoms with E-state index < -0.39 is 6.10 Å². The Bertz CT molecular complexity index is 1700. The van der Waals surface area contributed by atoms with Crippen molar-refractivity contribution in [2.45, 2.75) is 57.7 Å².